The number of rotatable bonds is 1. The largest absolute Gasteiger partial charge is 0.388 e. The molecule has 62 valence electrons. The second-order valence-corrected chi connectivity index (χ2v) is 3.50. The number of aliphatic hydroxyl groups is 1. The van der Waals surface area contributed by atoms with Crippen LogP contribution in [0.1, 0.15) is 26.7 Å². The van der Waals surface area contributed by atoms with E-state index >= 15 is 0 Å². The van der Waals surface area contributed by atoms with E-state index in [1.165, 1.54) is 5.57 Å². The van der Waals surface area contributed by atoms with Gasteiger partial charge in [0.15, 0.2) is 0 Å². The zero-order valence-electron chi connectivity index (χ0n) is 7.30. The Morgan fingerprint density at radius 3 is 2.82 bits per heavy atom. The first-order valence-corrected chi connectivity index (χ1v) is 4.12. The molecular weight excluding hydrogens is 136 g/mol. The molecule has 0 amide bonds. The lowest BCUT2D eigenvalue weighted by Crippen LogP contribution is -2.22. The van der Waals surface area contributed by atoms with Crippen LogP contribution in [0.3, 0.4) is 0 Å². The quantitative estimate of drug-likeness (QED) is 0.571. The molecule has 0 heterocycles. The van der Waals surface area contributed by atoms with Gasteiger partial charge >= 0.3 is 0 Å². The molecule has 1 N–H and O–H groups in total. The van der Waals surface area contributed by atoms with Gasteiger partial charge in [-0.15, -0.1) is 0 Å². The van der Waals surface area contributed by atoms with Gasteiger partial charge in [0.2, 0.25) is 0 Å². The molecule has 0 saturated heterocycles. The smallest absolute Gasteiger partial charge is 0.0788 e. The monoisotopic (exact) mass is 152 g/mol. The van der Waals surface area contributed by atoms with Gasteiger partial charge in [0.1, 0.15) is 0 Å². The average Bonchev–Trinajstić information content (AvgIpc) is 1.85. The Morgan fingerprint density at radius 2 is 2.36 bits per heavy atom. The van der Waals surface area contributed by atoms with E-state index in [1.807, 2.05) is 13.0 Å². The van der Waals surface area contributed by atoms with Crippen LogP contribution in [0.25, 0.3) is 0 Å². The highest BCUT2D eigenvalue weighted by Crippen LogP contribution is 2.27. The third kappa shape index (κ3) is 1.93. The van der Waals surface area contributed by atoms with Crippen LogP contribution in [-0.4, -0.2) is 11.2 Å². The summed E-state index contributed by atoms with van der Waals surface area (Å²) < 4.78 is 0. The van der Waals surface area contributed by atoms with Crippen LogP contribution < -0.4 is 0 Å². The van der Waals surface area contributed by atoms with Gasteiger partial charge in [0.25, 0.3) is 0 Å². The molecule has 0 radical (unpaired) electrons. The maximum atomic E-state index is 9.57. The van der Waals surface area contributed by atoms with Crippen LogP contribution in [0.2, 0.25) is 0 Å². The Labute approximate surface area is 68.4 Å². The molecule has 0 spiro atoms. The number of allylic oxidation sites excluding steroid dienone is 1. The minimum Gasteiger partial charge on any atom is -0.388 e. The van der Waals surface area contributed by atoms with Crippen molar-refractivity contribution in [1.29, 1.82) is 0 Å². The summed E-state index contributed by atoms with van der Waals surface area (Å²) in [6.45, 7) is 7.92. The molecule has 1 aliphatic carbocycles. The summed E-state index contributed by atoms with van der Waals surface area (Å²) in [6.07, 6.45) is 3.82. The van der Waals surface area contributed by atoms with Crippen molar-refractivity contribution in [2.75, 3.05) is 0 Å². The second kappa shape index (κ2) is 3.22. The first kappa shape index (κ1) is 8.54. The number of hydrogen-bond acceptors (Lipinski definition) is 1. The summed E-state index contributed by atoms with van der Waals surface area (Å²) in [6, 6.07) is 0. The lowest BCUT2D eigenvalue weighted by molar-refractivity contribution is 0.157. The van der Waals surface area contributed by atoms with Crippen LogP contribution in [0.4, 0.5) is 0 Å². The second-order valence-electron chi connectivity index (χ2n) is 3.50. The molecule has 1 nitrogen and oxygen atoms in total. The summed E-state index contributed by atoms with van der Waals surface area (Å²) in [4.78, 5) is 0. The van der Waals surface area contributed by atoms with E-state index in [2.05, 4.69) is 13.5 Å². The van der Waals surface area contributed by atoms with E-state index in [9.17, 15) is 5.11 Å². The van der Waals surface area contributed by atoms with Crippen molar-refractivity contribution in [2.24, 2.45) is 5.92 Å². The minimum absolute atomic E-state index is 0.290. The van der Waals surface area contributed by atoms with Crippen molar-refractivity contribution in [3.05, 3.63) is 23.8 Å². The fourth-order valence-electron chi connectivity index (χ4n) is 1.58. The fraction of sp³-hybridized carbons (Fsp3) is 0.600. The third-order valence-electron chi connectivity index (χ3n) is 2.35. The van der Waals surface area contributed by atoms with Gasteiger partial charge in [-0.3, -0.25) is 0 Å². The van der Waals surface area contributed by atoms with Crippen LogP contribution >= 0.6 is 0 Å². The van der Waals surface area contributed by atoms with Gasteiger partial charge in [-0.05, 0) is 26.7 Å². The average molecular weight is 152 g/mol. The normalized spacial score (nSPS) is 31.4. The maximum Gasteiger partial charge on any atom is 0.0788 e. The van der Waals surface area contributed by atoms with Gasteiger partial charge in [-0.25, -0.2) is 0 Å². The minimum atomic E-state index is -0.291. The molecule has 0 aliphatic heterocycles. The Hall–Kier alpha value is -0.560. The Balaban J connectivity index is 2.68. The summed E-state index contributed by atoms with van der Waals surface area (Å²) in [5.74, 6) is 0.290. The Kier molecular flexibility index (Phi) is 2.50. The van der Waals surface area contributed by atoms with Gasteiger partial charge in [0, 0.05) is 5.92 Å². The molecule has 0 bridgehead atoms. The molecule has 1 unspecified atom stereocenters. The van der Waals surface area contributed by atoms with Gasteiger partial charge in [-0.1, -0.05) is 23.8 Å². The van der Waals surface area contributed by atoms with Crippen molar-refractivity contribution in [3.8, 4) is 0 Å². The third-order valence-corrected chi connectivity index (χ3v) is 2.35. The van der Waals surface area contributed by atoms with Crippen molar-refractivity contribution >= 4 is 0 Å². The van der Waals surface area contributed by atoms with Gasteiger partial charge in [-0.2, -0.15) is 0 Å². The highest BCUT2D eigenvalue weighted by molar-refractivity contribution is 5.14. The molecule has 1 aliphatic rings. The van der Waals surface area contributed by atoms with Crippen molar-refractivity contribution < 1.29 is 5.11 Å². The molecule has 2 atom stereocenters. The van der Waals surface area contributed by atoms with E-state index < -0.39 is 0 Å². The van der Waals surface area contributed by atoms with Crippen LogP contribution in [0, 0.1) is 5.92 Å². The molecule has 0 aromatic heterocycles. The zero-order chi connectivity index (χ0) is 8.43. The van der Waals surface area contributed by atoms with Crippen molar-refractivity contribution in [2.45, 2.75) is 32.8 Å². The first-order valence-electron chi connectivity index (χ1n) is 4.12. The summed E-state index contributed by atoms with van der Waals surface area (Å²) in [5.41, 5.74) is 2.40. The standard InChI is InChI=1S/C10H16O/c1-7(2)9-5-4-8(3)6-10(9)11/h6,9-11H,1,4-5H2,2-3H3/t9?,10-/m1/s1. The van der Waals surface area contributed by atoms with E-state index in [0.29, 0.717) is 5.92 Å². The lowest BCUT2D eigenvalue weighted by Gasteiger charge is -2.25. The van der Waals surface area contributed by atoms with E-state index in [-0.39, 0.29) is 6.10 Å². The Morgan fingerprint density at radius 1 is 1.73 bits per heavy atom. The molecule has 11 heavy (non-hydrogen) atoms. The van der Waals surface area contributed by atoms with Gasteiger partial charge < -0.3 is 5.11 Å². The summed E-state index contributed by atoms with van der Waals surface area (Å²) in [5, 5.41) is 9.57. The molecule has 0 fully saturated rings. The zero-order valence-corrected chi connectivity index (χ0v) is 7.30. The maximum absolute atomic E-state index is 9.57. The van der Waals surface area contributed by atoms with Crippen LogP contribution in [0.15, 0.2) is 23.8 Å². The lowest BCUT2D eigenvalue weighted by atomic mass is 9.84. The van der Waals surface area contributed by atoms with Crippen molar-refractivity contribution in [1.82, 2.24) is 0 Å². The van der Waals surface area contributed by atoms with Crippen molar-refractivity contribution in [3.63, 3.8) is 0 Å². The molecule has 0 saturated carbocycles. The summed E-state index contributed by atoms with van der Waals surface area (Å²) in [7, 11) is 0. The molecule has 1 rings (SSSR count). The van der Waals surface area contributed by atoms with E-state index in [1.54, 1.807) is 0 Å². The van der Waals surface area contributed by atoms with Gasteiger partial charge in [0.05, 0.1) is 6.10 Å². The molecule has 0 aromatic rings. The highest BCUT2D eigenvalue weighted by Gasteiger charge is 2.21. The Bertz CT molecular complexity index is 191. The molecule has 1 heteroatoms. The SMILES string of the molecule is C=C(C)C1CCC(C)=C[C@H]1O. The number of aliphatic hydroxyl groups excluding tert-OH is 1. The summed E-state index contributed by atoms with van der Waals surface area (Å²) >= 11 is 0. The molecule has 0 aromatic carbocycles. The van der Waals surface area contributed by atoms with Crippen LogP contribution in [-0.2, 0) is 0 Å². The predicted molar refractivity (Wildman–Crippen MR) is 47.3 cm³/mol. The molecular formula is C10H16O. The fourth-order valence-corrected chi connectivity index (χ4v) is 1.58. The van der Waals surface area contributed by atoms with Crippen LogP contribution in [0.5, 0.6) is 0 Å². The number of hydrogen-bond donors (Lipinski definition) is 1. The highest BCUT2D eigenvalue weighted by atomic mass is 16.3. The predicted octanol–water partition coefficient (Wildman–Crippen LogP) is 2.28. The van der Waals surface area contributed by atoms with E-state index in [4.69, 9.17) is 0 Å². The topological polar surface area (TPSA) is 20.2 Å². The first-order chi connectivity index (χ1) is 5.11. The van der Waals surface area contributed by atoms with E-state index in [0.717, 1.165) is 18.4 Å².